The summed E-state index contributed by atoms with van der Waals surface area (Å²) in [6.07, 6.45) is 1.27. The summed E-state index contributed by atoms with van der Waals surface area (Å²) in [6, 6.07) is 5.27. The third kappa shape index (κ3) is 4.26. The number of rotatable bonds is 5. The van der Waals surface area contributed by atoms with Crippen molar-refractivity contribution in [3.8, 4) is 0 Å². The molecule has 114 valence electrons. The molecule has 2 rings (SSSR count). The molecular formula is C15H18FNO4. The van der Waals surface area contributed by atoms with E-state index in [0.29, 0.717) is 31.6 Å². The molecule has 1 aromatic carbocycles. The zero-order valence-corrected chi connectivity index (χ0v) is 11.6. The van der Waals surface area contributed by atoms with Crippen LogP contribution in [0.25, 0.3) is 0 Å². The first-order valence-electron chi connectivity index (χ1n) is 6.94. The van der Waals surface area contributed by atoms with Crippen LogP contribution < -0.4 is 0 Å². The molecule has 1 N–H and O–H groups in total. The van der Waals surface area contributed by atoms with Gasteiger partial charge in [0.15, 0.2) is 0 Å². The predicted octanol–water partition coefficient (Wildman–Crippen LogP) is 1.92. The van der Waals surface area contributed by atoms with Gasteiger partial charge in [0.05, 0.1) is 6.42 Å². The second-order valence-corrected chi connectivity index (χ2v) is 4.99. The number of carboxylic acids is 1. The number of hydrogen-bond donors (Lipinski definition) is 1. The average molecular weight is 295 g/mol. The molecule has 1 aromatic rings. The molecule has 1 heterocycles. The third-order valence-electron chi connectivity index (χ3n) is 3.55. The molecule has 1 saturated heterocycles. The van der Waals surface area contributed by atoms with Crippen molar-refractivity contribution in [3.63, 3.8) is 0 Å². The van der Waals surface area contributed by atoms with Crippen LogP contribution in [-0.4, -0.2) is 47.7 Å². The summed E-state index contributed by atoms with van der Waals surface area (Å²) >= 11 is 0. The van der Waals surface area contributed by atoms with Gasteiger partial charge in [0, 0.05) is 31.4 Å². The molecule has 1 amide bonds. The number of benzene rings is 1. The Morgan fingerprint density at radius 1 is 1.24 bits per heavy atom. The number of amides is 1. The normalized spacial score (nSPS) is 15.7. The number of aliphatic carboxylic acids is 1. The van der Waals surface area contributed by atoms with Crippen molar-refractivity contribution < 1.29 is 23.8 Å². The maximum absolute atomic E-state index is 12.9. The molecule has 0 bridgehead atoms. The Morgan fingerprint density at radius 2 is 1.86 bits per heavy atom. The highest BCUT2D eigenvalue weighted by Crippen LogP contribution is 2.18. The van der Waals surface area contributed by atoms with Crippen LogP contribution in [0.1, 0.15) is 29.6 Å². The number of carbonyl (C=O) groups is 2. The first kappa shape index (κ1) is 15.4. The minimum absolute atomic E-state index is 0.0318. The molecule has 21 heavy (non-hydrogen) atoms. The van der Waals surface area contributed by atoms with E-state index in [1.807, 2.05) is 0 Å². The molecule has 0 spiro atoms. The molecule has 5 nitrogen and oxygen atoms in total. The SMILES string of the molecule is O=C(O)CCN(C(=O)c1ccc(F)cc1)C1CCOCC1. The largest absolute Gasteiger partial charge is 0.481 e. The number of nitrogens with zero attached hydrogens (tertiary/aromatic N) is 1. The molecule has 0 saturated carbocycles. The van der Waals surface area contributed by atoms with Gasteiger partial charge in [0.1, 0.15) is 5.82 Å². The third-order valence-corrected chi connectivity index (χ3v) is 3.55. The molecule has 0 aliphatic carbocycles. The fourth-order valence-corrected chi connectivity index (χ4v) is 2.42. The second kappa shape index (κ2) is 7.17. The number of ether oxygens (including phenoxy) is 1. The number of halogens is 1. The van der Waals surface area contributed by atoms with E-state index in [1.165, 1.54) is 24.3 Å². The van der Waals surface area contributed by atoms with E-state index in [-0.39, 0.29) is 24.9 Å². The van der Waals surface area contributed by atoms with Gasteiger partial charge in [-0.15, -0.1) is 0 Å². The molecular weight excluding hydrogens is 277 g/mol. The maximum Gasteiger partial charge on any atom is 0.305 e. The summed E-state index contributed by atoms with van der Waals surface area (Å²) in [5, 5.41) is 8.84. The van der Waals surface area contributed by atoms with E-state index >= 15 is 0 Å². The molecule has 6 heteroatoms. The van der Waals surface area contributed by atoms with Gasteiger partial charge in [-0.2, -0.15) is 0 Å². The zero-order chi connectivity index (χ0) is 15.2. The van der Waals surface area contributed by atoms with Crippen molar-refractivity contribution in [2.45, 2.75) is 25.3 Å². The Balaban J connectivity index is 2.14. The molecule has 0 aromatic heterocycles. The molecule has 0 unspecified atom stereocenters. The van der Waals surface area contributed by atoms with E-state index in [2.05, 4.69) is 0 Å². The zero-order valence-electron chi connectivity index (χ0n) is 11.6. The Bertz CT molecular complexity index is 497. The van der Waals surface area contributed by atoms with Crippen LogP contribution in [-0.2, 0) is 9.53 Å². The fraction of sp³-hybridized carbons (Fsp3) is 0.467. The van der Waals surface area contributed by atoms with E-state index in [9.17, 15) is 14.0 Å². The molecule has 1 aliphatic heterocycles. The van der Waals surface area contributed by atoms with Crippen LogP contribution in [0, 0.1) is 5.82 Å². The highest BCUT2D eigenvalue weighted by molar-refractivity contribution is 5.94. The number of hydrogen-bond acceptors (Lipinski definition) is 3. The van der Waals surface area contributed by atoms with Gasteiger partial charge in [0.2, 0.25) is 0 Å². The second-order valence-electron chi connectivity index (χ2n) is 4.99. The van der Waals surface area contributed by atoms with Crippen molar-refractivity contribution in [2.24, 2.45) is 0 Å². The van der Waals surface area contributed by atoms with Gasteiger partial charge in [-0.05, 0) is 37.1 Å². The lowest BCUT2D eigenvalue weighted by molar-refractivity contribution is -0.137. The smallest absolute Gasteiger partial charge is 0.305 e. The van der Waals surface area contributed by atoms with Crippen LogP contribution in [0.15, 0.2) is 24.3 Å². The van der Waals surface area contributed by atoms with Gasteiger partial charge in [-0.1, -0.05) is 0 Å². The van der Waals surface area contributed by atoms with E-state index in [4.69, 9.17) is 9.84 Å². The van der Waals surface area contributed by atoms with Crippen molar-refractivity contribution in [1.29, 1.82) is 0 Å². The van der Waals surface area contributed by atoms with Crippen LogP contribution in [0.3, 0.4) is 0 Å². The van der Waals surface area contributed by atoms with E-state index < -0.39 is 11.8 Å². The minimum atomic E-state index is -0.945. The first-order valence-corrected chi connectivity index (χ1v) is 6.94. The highest BCUT2D eigenvalue weighted by Gasteiger charge is 2.27. The number of carbonyl (C=O) groups excluding carboxylic acids is 1. The standard InChI is InChI=1S/C15H18FNO4/c16-12-3-1-11(2-4-12)15(20)17(8-5-14(18)19)13-6-9-21-10-7-13/h1-4,13H,5-10H2,(H,18,19). The topological polar surface area (TPSA) is 66.8 Å². The van der Waals surface area contributed by atoms with Gasteiger partial charge >= 0.3 is 5.97 Å². The van der Waals surface area contributed by atoms with E-state index in [1.54, 1.807) is 4.90 Å². The van der Waals surface area contributed by atoms with Crippen molar-refractivity contribution >= 4 is 11.9 Å². The van der Waals surface area contributed by atoms with Crippen molar-refractivity contribution in [3.05, 3.63) is 35.6 Å². The monoisotopic (exact) mass is 295 g/mol. The summed E-state index contributed by atoms with van der Waals surface area (Å²) in [5.41, 5.74) is 0.369. The predicted molar refractivity (Wildman–Crippen MR) is 73.5 cm³/mol. The summed E-state index contributed by atoms with van der Waals surface area (Å²) in [4.78, 5) is 24.9. The van der Waals surface area contributed by atoms with Crippen molar-refractivity contribution in [1.82, 2.24) is 4.90 Å². The van der Waals surface area contributed by atoms with Gasteiger partial charge in [-0.3, -0.25) is 9.59 Å². The van der Waals surface area contributed by atoms with Crippen LogP contribution in [0.5, 0.6) is 0 Å². The first-order chi connectivity index (χ1) is 10.1. The number of carboxylic acid groups (broad SMARTS) is 1. The van der Waals surface area contributed by atoms with Crippen LogP contribution in [0.2, 0.25) is 0 Å². The summed E-state index contributed by atoms with van der Waals surface area (Å²) in [5.74, 6) is -1.61. The van der Waals surface area contributed by atoms with Gasteiger partial charge in [0.25, 0.3) is 5.91 Å². The van der Waals surface area contributed by atoms with Gasteiger partial charge in [-0.25, -0.2) is 4.39 Å². The summed E-state index contributed by atoms with van der Waals surface area (Å²) in [6.45, 7) is 1.27. The Hall–Kier alpha value is -1.95. The Kier molecular flexibility index (Phi) is 5.27. The lowest BCUT2D eigenvalue weighted by Gasteiger charge is -2.34. The van der Waals surface area contributed by atoms with Crippen LogP contribution in [0.4, 0.5) is 4.39 Å². The molecule has 0 atom stereocenters. The summed E-state index contributed by atoms with van der Waals surface area (Å²) < 4.78 is 18.2. The van der Waals surface area contributed by atoms with Crippen molar-refractivity contribution in [2.75, 3.05) is 19.8 Å². The molecule has 1 fully saturated rings. The van der Waals surface area contributed by atoms with Gasteiger partial charge < -0.3 is 14.7 Å². The summed E-state index contributed by atoms with van der Waals surface area (Å²) in [7, 11) is 0. The lowest BCUT2D eigenvalue weighted by Crippen LogP contribution is -2.44. The fourth-order valence-electron chi connectivity index (χ4n) is 2.42. The minimum Gasteiger partial charge on any atom is -0.481 e. The van der Waals surface area contributed by atoms with Crippen LogP contribution >= 0.6 is 0 Å². The highest BCUT2D eigenvalue weighted by atomic mass is 19.1. The maximum atomic E-state index is 12.9. The molecule has 0 radical (unpaired) electrons. The average Bonchev–Trinajstić information content (AvgIpc) is 2.49. The Morgan fingerprint density at radius 3 is 2.43 bits per heavy atom. The quantitative estimate of drug-likeness (QED) is 0.901. The lowest BCUT2D eigenvalue weighted by atomic mass is 10.0. The molecule has 1 aliphatic rings. The van der Waals surface area contributed by atoms with E-state index in [0.717, 1.165) is 0 Å². The Labute approximate surface area is 122 Å².